The SMILES string of the molecule is Cc1cc(O)cc(C)c1C[C@H](NC[C@@H](CCCn1ccnc1N)NC(=O)OC(C)(C)C)C(=O)O. The molecule has 0 unspecified atom stereocenters. The van der Waals surface area contributed by atoms with Gasteiger partial charge in [-0.05, 0) is 82.7 Å². The smallest absolute Gasteiger partial charge is 0.407 e. The van der Waals surface area contributed by atoms with Crippen LogP contribution in [-0.4, -0.2) is 56.1 Å². The zero-order chi connectivity index (χ0) is 25.5. The van der Waals surface area contributed by atoms with E-state index in [1.54, 1.807) is 45.3 Å². The molecule has 6 N–H and O–H groups in total. The normalized spacial score (nSPS) is 13.3. The number of aromatic nitrogens is 2. The number of anilines is 1. The number of carboxylic acid groups (broad SMARTS) is 1. The average Bonchev–Trinajstić information content (AvgIpc) is 3.09. The van der Waals surface area contributed by atoms with Gasteiger partial charge >= 0.3 is 12.1 Å². The second-order valence-electron chi connectivity index (χ2n) is 9.53. The number of nitrogen functional groups attached to an aromatic ring is 1. The van der Waals surface area contributed by atoms with Crippen molar-refractivity contribution in [1.29, 1.82) is 0 Å². The van der Waals surface area contributed by atoms with Crippen LogP contribution in [0.5, 0.6) is 5.75 Å². The summed E-state index contributed by atoms with van der Waals surface area (Å²) in [5.74, 6) is -0.423. The fraction of sp³-hybridized carbons (Fsp3) is 0.542. The van der Waals surface area contributed by atoms with Gasteiger partial charge in [0.05, 0.1) is 0 Å². The third kappa shape index (κ3) is 8.58. The lowest BCUT2D eigenvalue weighted by molar-refractivity contribution is -0.139. The summed E-state index contributed by atoms with van der Waals surface area (Å²) < 4.78 is 7.19. The van der Waals surface area contributed by atoms with E-state index in [0.29, 0.717) is 25.3 Å². The summed E-state index contributed by atoms with van der Waals surface area (Å²) in [5, 5.41) is 25.5. The van der Waals surface area contributed by atoms with Crippen molar-refractivity contribution in [2.75, 3.05) is 12.3 Å². The summed E-state index contributed by atoms with van der Waals surface area (Å²) in [6.45, 7) is 9.89. The number of hydrogen-bond acceptors (Lipinski definition) is 7. The summed E-state index contributed by atoms with van der Waals surface area (Å²) in [6.07, 6.45) is 4.37. The molecule has 10 nitrogen and oxygen atoms in total. The van der Waals surface area contributed by atoms with Crippen LogP contribution in [0.4, 0.5) is 10.7 Å². The van der Waals surface area contributed by atoms with Gasteiger partial charge in [-0.3, -0.25) is 4.79 Å². The van der Waals surface area contributed by atoms with Gasteiger partial charge in [0, 0.05) is 31.5 Å². The van der Waals surface area contributed by atoms with Gasteiger partial charge in [0.25, 0.3) is 0 Å². The van der Waals surface area contributed by atoms with E-state index < -0.39 is 23.7 Å². The number of phenolic OH excluding ortho intramolecular Hbond substituents is 1. The van der Waals surface area contributed by atoms with Gasteiger partial charge in [0.1, 0.15) is 17.4 Å². The first kappa shape index (κ1) is 27.0. The van der Waals surface area contributed by atoms with Crippen LogP contribution in [0.15, 0.2) is 24.5 Å². The van der Waals surface area contributed by atoms with Crippen LogP contribution in [0, 0.1) is 13.8 Å². The van der Waals surface area contributed by atoms with Gasteiger partial charge in [-0.15, -0.1) is 0 Å². The van der Waals surface area contributed by atoms with Gasteiger partial charge in [0.2, 0.25) is 0 Å². The summed E-state index contributed by atoms with van der Waals surface area (Å²) in [6, 6.07) is 2.02. The Hall–Kier alpha value is -3.27. The molecular formula is C24H37N5O5. The number of aromatic hydroxyl groups is 1. The first-order valence-electron chi connectivity index (χ1n) is 11.4. The van der Waals surface area contributed by atoms with Crippen LogP contribution in [0.25, 0.3) is 0 Å². The van der Waals surface area contributed by atoms with Crippen molar-refractivity contribution in [1.82, 2.24) is 20.2 Å². The molecule has 0 spiro atoms. The molecule has 0 aliphatic carbocycles. The Balaban J connectivity index is 2.06. The number of aliphatic carboxylic acids is 1. The van der Waals surface area contributed by atoms with Crippen LogP contribution in [0.2, 0.25) is 0 Å². The number of phenols is 1. The number of nitrogens with one attached hydrogen (secondary N) is 2. The predicted octanol–water partition coefficient (Wildman–Crippen LogP) is 2.75. The second-order valence-corrected chi connectivity index (χ2v) is 9.53. The molecule has 1 aromatic heterocycles. The fourth-order valence-electron chi connectivity index (χ4n) is 3.77. The number of carboxylic acids is 1. The molecule has 2 aromatic rings. The molecule has 0 fully saturated rings. The summed E-state index contributed by atoms with van der Waals surface area (Å²) >= 11 is 0. The highest BCUT2D eigenvalue weighted by molar-refractivity contribution is 5.74. The number of nitrogens with two attached hydrogens (primary N) is 1. The van der Waals surface area contributed by atoms with Crippen molar-refractivity contribution in [2.45, 2.75) is 78.1 Å². The maximum absolute atomic E-state index is 12.4. The number of nitrogens with zero attached hydrogens (tertiary/aromatic N) is 2. The van der Waals surface area contributed by atoms with Crippen LogP contribution in [-0.2, 0) is 22.5 Å². The Bertz CT molecular complexity index is 959. The van der Waals surface area contributed by atoms with Crippen LogP contribution in [0.3, 0.4) is 0 Å². The Labute approximate surface area is 200 Å². The Morgan fingerprint density at radius 1 is 1.24 bits per heavy atom. The highest BCUT2D eigenvalue weighted by atomic mass is 16.6. The highest BCUT2D eigenvalue weighted by Gasteiger charge is 2.24. The average molecular weight is 476 g/mol. The highest BCUT2D eigenvalue weighted by Crippen LogP contribution is 2.22. The van der Waals surface area contributed by atoms with Gasteiger partial charge in [-0.1, -0.05) is 0 Å². The predicted molar refractivity (Wildman–Crippen MR) is 130 cm³/mol. The number of aryl methyl sites for hydroxylation is 3. The van der Waals surface area contributed by atoms with Gasteiger partial charge in [0.15, 0.2) is 5.95 Å². The Kier molecular flexibility index (Phi) is 9.31. The molecular weight excluding hydrogens is 438 g/mol. The number of amides is 1. The van der Waals surface area contributed by atoms with E-state index in [-0.39, 0.29) is 24.8 Å². The van der Waals surface area contributed by atoms with E-state index in [1.165, 1.54) is 0 Å². The van der Waals surface area contributed by atoms with Crippen molar-refractivity contribution in [3.63, 3.8) is 0 Å². The Morgan fingerprint density at radius 3 is 2.41 bits per heavy atom. The topological polar surface area (TPSA) is 152 Å². The lowest BCUT2D eigenvalue weighted by Gasteiger charge is -2.25. The van der Waals surface area contributed by atoms with Gasteiger partial charge in [-0.2, -0.15) is 0 Å². The standard InChI is InChI=1S/C24H37N5O5/c1-15-11-18(30)12-16(2)19(15)13-20(21(31)32)27-14-17(28-23(33)34-24(3,4)5)7-6-9-29-10-8-26-22(29)25/h8,10-12,17,20,27,30H,6-7,9,13-14H2,1-5H3,(H2,25,26)(H,28,33)(H,31,32)/t17-,20+/m1/s1. The second kappa shape index (κ2) is 11.7. The number of alkyl carbamates (subject to hydrolysis) is 1. The van der Waals surface area contributed by atoms with Crippen LogP contribution in [0.1, 0.15) is 50.3 Å². The zero-order valence-corrected chi connectivity index (χ0v) is 20.6. The molecule has 1 heterocycles. The maximum Gasteiger partial charge on any atom is 0.407 e. The molecule has 188 valence electrons. The summed E-state index contributed by atoms with van der Waals surface area (Å²) in [7, 11) is 0. The molecule has 0 radical (unpaired) electrons. The number of carbonyl (C=O) groups excluding carboxylic acids is 1. The van der Waals surface area contributed by atoms with Gasteiger partial charge < -0.3 is 35.9 Å². The van der Waals surface area contributed by atoms with Crippen molar-refractivity contribution >= 4 is 18.0 Å². The summed E-state index contributed by atoms with van der Waals surface area (Å²) in [4.78, 5) is 28.3. The van der Waals surface area contributed by atoms with Crippen molar-refractivity contribution in [2.24, 2.45) is 0 Å². The number of hydrogen-bond donors (Lipinski definition) is 5. The molecule has 2 atom stereocenters. The van der Waals surface area contributed by atoms with Crippen molar-refractivity contribution in [3.05, 3.63) is 41.2 Å². The van der Waals surface area contributed by atoms with E-state index in [2.05, 4.69) is 15.6 Å². The number of carbonyl (C=O) groups is 2. The monoisotopic (exact) mass is 475 g/mol. The van der Waals surface area contributed by atoms with Crippen molar-refractivity contribution in [3.8, 4) is 5.75 Å². The fourth-order valence-corrected chi connectivity index (χ4v) is 3.77. The number of imidazole rings is 1. The van der Waals surface area contributed by atoms with Crippen molar-refractivity contribution < 1.29 is 24.5 Å². The molecule has 0 aliphatic heterocycles. The van der Waals surface area contributed by atoms with Crippen LogP contribution < -0.4 is 16.4 Å². The van der Waals surface area contributed by atoms with Crippen LogP contribution >= 0.6 is 0 Å². The zero-order valence-electron chi connectivity index (χ0n) is 20.6. The van der Waals surface area contributed by atoms with E-state index in [4.69, 9.17) is 10.5 Å². The lowest BCUT2D eigenvalue weighted by Crippen LogP contribution is -2.49. The third-order valence-corrected chi connectivity index (χ3v) is 5.42. The quantitative estimate of drug-likeness (QED) is 0.333. The first-order valence-corrected chi connectivity index (χ1v) is 11.4. The van der Waals surface area contributed by atoms with E-state index in [0.717, 1.165) is 16.7 Å². The first-order chi connectivity index (χ1) is 15.9. The molecule has 34 heavy (non-hydrogen) atoms. The molecule has 0 saturated carbocycles. The lowest BCUT2D eigenvalue weighted by atomic mass is 9.95. The number of rotatable bonds is 11. The molecule has 1 amide bonds. The third-order valence-electron chi connectivity index (χ3n) is 5.42. The maximum atomic E-state index is 12.4. The minimum Gasteiger partial charge on any atom is -0.508 e. The number of benzene rings is 1. The van der Waals surface area contributed by atoms with E-state index in [9.17, 15) is 19.8 Å². The Morgan fingerprint density at radius 2 is 1.88 bits per heavy atom. The van der Waals surface area contributed by atoms with E-state index >= 15 is 0 Å². The molecule has 0 saturated heterocycles. The minimum absolute atomic E-state index is 0.152. The minimum atomic E-state index is -0.992. The molecule has 10 heteroatoms. The largest absolute Gasteiger partial charge is 0.508 e. The molecule has 2 rings (SSSR count). The van der Waals surface area contributed by atoms with E-state index in [1.807, 2.05) is 18.4 Å². The molecule has 0 aliphatic rings. The van der Waals surface area contributed by atoms with Gasteiger partial charge in [-0.25, -0.2) is 9.78 Å². The molecule has 0 bridgehead atoms. The molecule has 1 aromatic carbocycles. The summed E-state index contributed by atoms with van der Waals surface area (Å²) in [5.41, 5.74) is 7.68. The number of ether oxygens (including phenoxy) is 1.